The third-order valence-electron chi connectivity index (χ3n) is 4.25. The lowest BCUT2D eigenvalue weighted by molar-refractivity contribution is -0.127. The van der Waals surface area contributed by atoms with Gasteiger partial charge in [0.25, 0.3) is 11.8 Å². The van der Waals surface area contributed by atoms with E-state index in [-0.39, 0.29) is 11.4 Å². The van der Waals surface area contributed by atoms with E-state index in [1.165, 1.54) is 26.4 Å². The molecular formula is C19H18N4O5. The molecule has 1 aliphatic rings. The number of hydrogen-bond acceptors (Lipinski definition) is 7. The predicted octanol–water partition coefficient (Wildman–Crippen LogP) is 1.15. The number of imide groups is 1. The lowest BCUT2D eigenvalue weighted by Gasteiger charge is -2.14. The molecule has 1 aliphatic heterocycles. The lowest BCUT2D eigenvalue weighted by Crippen LogP contribution is -2.34. The molecule has 0 saturated carbocycles. The van der Waals surface area contributed by atoms with E-state index in [4.69, 9.17) is 15.3 Å². The van der Waals surface area contributed by atoms with Crippen molar-refractivity contribution in [2.75, 3.05) is 24.4 Å². The maximum absolute atomic E-state index is 12.8. The van der Waals surface area contributed by atoms with Crippen LogP contribution in [0.4, 0.5) is 11.4 Å². The molecule has 28 heavy (non-hydrogen) atoms. The van der Waals surface area contributed by atoms with Crippen molar-refractivity contribution in [3.8, 4) is 11.5 Å². The third-order valence-corrected chi connectivity index (χ3v) is 4.25. The molecule has 0 unspecified atom stereocenters. The maximum Gasteiger partial charge on any atom is 0.282 e. The molecule has 0 aromatic heterocycles. The molecule has 144 valence electrons. The van der Waals surface area contributed by atoms with Crippen molar-refractivity contribution in [2.45, 2.75) is 0 Å². The second kappa shape index (κ2) is 7.78. The first-order chi connectivity index (χ1) is 13.5. The van der Waals surface area contributed by atoms with Crippen molar-refractivity contribution in [1.29, 1.82) is 0 Å². The van der Waals surface area contributed by atoms with Gasteiger partial charge in [0.1, 0.15) is 17.2 Å². The summed E-state index contributed by atoms with van der Waals surface area (Å²) in [7, 11) is 3.02. The number of rotatable bonds is 5. The van der Waals surface area contributed by atoms with E-state index >= 15 is 0 Å². The number of carbonyl (C=O) groups excluding carboxylic acids is 3. The molecule has 1 saturated heterocycles. The number of hydrazone groups is 1. The summed E-state index contributed by atoms with van der Waals surface area (Å²) in [6, 6.07) is 12.8. The second-order valence-electron chi connectivity index (χ2n) is 5.84. The van der Waals surface area contributed by atoms with Crippen molar-refractivity contribution in [1.82, 2.24) is 0 Å². The van der Waals surface area contributed by atoms with Crippen LogP contribution in [0.2, 0.25) is 0 Å². The number of nitrogens with two attached hydrogens (primary N) is 1. The Labute approximate surface area is 160 Å². The van der Waals surface area contributed by atoms with Gasteiger partial charge in [0.15, 0.2) is 5.92 Å². The molecule has 1 heterocycles. The lowest BCUT2D eigenvalue weighted by atomic mass is 10.1. The van der Waals surface area contributed by atoms with Crippen LogP contribution < -0.4 is 25.5 Å². The molecule has 3 amide bonds. The first-order valence-corrected chi connectivity index (χ1v) is 8.25. The molecular weight excluding hydrogens is 364 g/mol. The Morgan fingerprint density at radius 3 is 2.04 bits per heavy atom. The summed E-state index contributed by atoms with van der Waals surface area (Å²) in [6.07, 6.45) is 0. The highest BCUT2D eigenvalue weighted by Crippen LogP contribution is 2.28. The summed E-state index contributed by atoms with van der Waals surface area (Å²) in [5, 5.41) is 5.99. The molecule has 2 aromatic rings. The highest BCUT2D eigenvalue weighted by atomic mass is 16.5. The fourth-order valence-corrected chi connectivity index (χ4v) is 2.81. The van der Waals surface area contributed by atoms with E-state index in [2.05, 4.69) is 10.4 Å². The fourth-order valence-electron chi connectivity index (χ4n) is 2.81. The first kappa shape index (κ1) is 18.9. The van der Waals surface area contributed by atoms with Crippen molar-refractivity contribution in [3.05, 3.63) is 48.5 Å². The Bertz CT molecular complexity index is 938. The zero-order valence-electron chi connectivity index (χ0n) is 15.2. The van der Waals surface area contributed by atoms with Gasteiger partial charge < -0.3 is 20.6 Å². The minimum absolute atomic E-state index is 0.289. The number of benzene rings is 2. The molecule has 0 spiro atoms. The highest BCUT2D eigenvalue weighted by molar-refractivity contribution is 6.61. The summed E-state index contributed by atoms with van der Waals surface area (Å²) in [6.45, 7) is 0. The topological polar surface area (TPSA) is 123 Å². The number of hydrogen-bond donors (Lipinski definition) is 2. The van der Waals surface area contributed by atoms with Crippen molar-refractivity contribution < 1.29 is 23.9 Å². The Morgan fingerprint density at radius 1 is 1.00 bits per heavy atom. The molecule has 9 heteroatoms. The molecule has 3 rings (SSSR count). The third kappa shape index (κ3) is 3.37. The standard InChI is InChI=1S/C19H18N4O5/c1-27-13-7-3-11(4-8-13)21-17(24)15-16(22-20)19(26)23(18(15)25)12-5-9-14(28-2)10-6-12/h3-10,15H,20H2,1-2H3,(H,21,24)/b22-16-/t15-/m0/s1. The Hall–Kier alpha value is -3.88. The van der Waals surface area contributed by atoms with Crippen molar-refractivity contribution >= 4 is 34.8 Å². The quantitative estimate of drug-likeness (QED) is 0.346. The van der Waals surface area contributed by atoms with Gasteiger partial charge in [-0.05, 0) is 48.5 Å². The number of ether oxygens (including phenoxy) is 2. The highest BCUT2D eigenvalue weighted by Gasteiger charge is 2.49. The van der Waals surface area contributed by atoms with Crippen LogP contribution in [-0.4, -0.2) is 37.7 Å². The van der Waals surface area contributed by atoms with Crippen LogP contribution >= 0.6 is 0 Å². The summed E-state index contributed by atoms with van der Waals surface area (Å²) >= 11 is 0. The van der Waals surface area contributed by atoms with Gasteiger partial charge in [-0.3, -0.25) is 14.4 Å². The van der Waals surface area contributed by atoms with Crippen LogP contribution in [0.1, 0.15) is 0 Å². The van der Waals surface area contributed by atoms with E-state index < -0.39 is 23.6 Å². The van der Waals surface area contributed by atoms with Gasteiger partial charge in [0.2, 0.25) is 5.91 Å². The smallest absolute Gasteiger partial charge is 0.282 e. The number of carbonyl (C=O) groups is 3. The molecule has 0 bridgehead atoms. The molecule has 0 radical (unpaired) electrons. The summed E-state index contributed by atoms with van der Waals surface area (Å²) in [5.74, 6) is 2.85. The van der Waals surface area contributed by atoms with E-state index in [1.807, 2.05) is 0 Å². The molecule has 0 aliphatic carbocycles. The van der Waals surface area contributed by atoms with Gasteiger partial charge >= 0.3 is 0 Å². The Kier molecular flexibility index (Phi) is 5.25. The average Bonchev–Trinajstić information content (AvgIpc) is 2.98. The van der Waals surface area contributed by atoms with Crippen LogP contribution in [-0.2, 0) is 14.4 Å². The molecule has 1 atom stereocenters. The molecule has 3 N–H and O–H groups in total. The number of nitrogens with zero attached hydrogens (tertiary/aromatic N) is 2. The number of methoxy groups -OCH3 is 2. The zero-order valence-corrected chi connectivity index (χ0v) is 15.2. The summed E-state index contributed by atoms with van der Waals surface area (Å²) in [5.41, 5.74) is 0.397. The van der Waals surface area contributed by atoms with E-state index in [1.54, 1.807) is 36.4 Å². The molecule has 2 aromatic carbocycles. The summed E-state index contributed by atoms with van der Waals surface area (Å²) < 4.78 is 10.1. The molecule has 9 nitrogen and oxygen atoms in total. The largest absolute Gasteiger partial charge is 0.497 e. The maximum atomic E-state index is 12.8. The van der Waals surface area contributed by atoms with Crippen LogP contribution in [0.25, 0.3) is 0 Å². The van der Waals surface area contributed by atoms with Gasteiger partial charge in [-0.15, -0.1) is 0 Å². The number of nitrogens with one attached hydrogen (secondary N) is 1. The number of anilines is 2. The predicted molar refractivity (Wildman–Crippen MR) is 102 cm³/mol. The Balaban J connectivity index is 1.86. The Morgan fingerprint density at radius 2 is 1.54 bits per heavy atom. The van der Waals surface area contributed by atoms with Gasteiger partial charge in [0, 0.05) is 5.69 Å². The van der Waals surface area contributed by atoms with E-state index in [0.717, 1.165) is 4.90 Å². The zero-order chi connectivity index (χ0) is 20.3. The number of amides is 3. The van der Waals surface area contributed by atoms with Crippen LogP contribution in [0.5, 0.6) is 11.5 Å². The average molecular weight is 382 g/mol. The summed E-state index contributed by atoms with van der Waals surface area (Å²) in [4.78, 5) is 39.0. The molecule has 1 fully saturated rings. The normalized spacial score (nSPS) is 17.7. The minimum atomic E-state index is -1.44. The van der Waals surface area contributed by atoms with Crippen LogP contribution in [0.15, 0.2) is 53.6 Å². The van der Waals surface area contributed by atoms with Gasteiger partial charge in [0.05, 0.1) is 19.9 Å². The fraction of sp³-hybridized carbons (Fsp3) is 0.158. The van der Waals surface area contributed by atoms with Crippen LogP contribution in [0.3, 0.4) is 0 Å². The van der Waals surface area contributed by atoms with Gasteiger partial charge in [-0.25, -0.2) is 4.90 Å². The van der Waals surface area contributed by atoms with Gasteiger partial charge in [-0.1, -0.05) is 0 Å². The first-order valence-electron chi connectivity index (χ1n) is 8.25. The van der Waals surface area contributed by atoms with Crippen molar-refractivity contribution in [3.63, 3.8) is 0 Å². The van der Waals surface area contributed by atoms with E-state index in [0.29, 0.717) is 17.2 Å². The minimum Gasteiger partial charge on any atom is -0.497 e. The monoisotopic (exact) mass is 382 g/mol. The van der Waals surface area contributed by atoms with Crippen LogP contribution in [0, 0.1) is 5.92 Å². The van der Waals surface area contributed by atoms with E-state index in [9.17, 15) is 14.4 Å². The SMILES string of the molecule is COc1ccc(NC(=O)[C@H]2C(=O)N(c3ccc(OC)cc3)C(=O)/C2=N\N)cc1. The van der Waals surface area contributed by atoms with Crippen molar-refractivity contribution in [2.24, 2.45) is 16.9 Å². The van der Waals surface area contributed by atoms with Gasteiger partial charge in [-0.2, -0.15) is 5.10 Å². The second-order valence-corrected chi connectivity index (χ2v) is 5.84.